The molecule has 0 saturated heterocycles. The van der Waals surface area contributed by atoms with Crippen LogP contribution in [0.2, 0.25) is 0 Å². The van der Waals surface area contributed by atoms with Gasteiger partial charge >= 0.3 is 0 Å². The van der Waals surface area contributed by atoms with Gasteiger partial charge < -0.3 is 0 Å². The molecular formula is C21H16N2. The van der Waals surface area contributed by atoms with Crippen molar-refractivity contribution in [3.05, 3.63) is 84.6 Å². The molecule has 4 aromatic rings. The highest BCUT2D eigenvalue weighted by molar-refractivity contribution is 5.86. The Morgan fingerprint density at radius 2 is 1.26 bits per heavy atom. The number of nitrogens with zero attached hydrogens (tertiary/aromatic N) is 2. The first-order valence-electron chi connectivity index (χ1n) is 7.71. The molecule has 4 rings (SSSR count). The van der Waals surface area contributed by atoms with Crippen molar-refractivity contribution in [2.75, 3.05) is 0 Å². The van der Waals surface area contributed by atoms with Crippen molar-refractivity contribution in [1.29, 1.82) is 0 Å². The van der Waals surface area contributed by atoms with Gasteiger partial charge in [-0.3, -0.25) is 0 Å². The van der Waals surface area contributed by atoms with Crippen LogP contribution in [0.25, 0.3) is 33.4 Å². The van der Waals surface area contributed by atoms with E-state index >= 15 is 0 Å². The zero-order chi connectivity index (χ0) is 15.6. The van der Waals surface area contributed by atoms with Crippen molar-refractivity contribution in [2.45, 2.75) is 6.92 Å². The minimum atomic E-state index is 0.778. The van der Waals surface area contributed by atoms with Crippen LogP contribution in [0.4, 0.5) is 0 Å². The van der Waals surface area contributed by atoms with Gasteiger partial charge in [-0.2, -0.15) is 0 Å². The van der Waals surface area contributed by atoms with E-state index in [-0.39, 0.29) is 0 Å². The van der Waals surface area contributed by atoms with Crippen molar-refractivity contribution in [3.63, 3.8) is 0 Å². The van der Waals surface area contributed by atoms with E-state index < -0.39 is 0 Å². The molecule has 0 saturated carbocycles. The molecule has 1 aromatic heterocycles. The van der Waals surface area contributed by atoms with Gasteiger partial charge in [0.2, 0.25) is 0 Å². The Hall–Kier alpha value is -3.00. The third-order valence-corrected chi connectivity index (χ3v) is 4.05. The standard InChI is InChI=1S/C21H16N2/c1-15-17-11-7-8-14-20(17)23-21(22-15)19-13-6-5-12-18(19)16-9-3-2-4-10-16/h2-14H,1H3. The fourth-order valence-corrected chi connectivity index (χ4v) is 2.90. The first kappa shape index (κ1) is 13.6. The molecule has 0 unspecified atom stereocenters. The molecule has 0 fully saturated rings. The number of benzene rings is 3. The van der Waals surface area contributed by atoms with Gasteiger partial charge in [-0.15, -0.1) is 0 Å². The monoisotopic (exact) mass is 296 g/mol. The van der Waals surface area contributed by atoms with Crippen molar-refractivity contribution >= 4 is 10.9 Å². The van der Waals surface area contributed by atoms with Gasteiger partial charge in [0, 0.05) is 16.6 Å². The lowest BCUT2D eigenvalue weighted by molar-refractivity contribution is 1.16. The summed E-state index contributed by atoms with van der Waals surface area (Å²) in [6, 6.07) is 26.8. The van der Waals surface area contributed by atoms with Crippen LogP contribution in [-0.4, -0.2) is 9.97 Å². The van der Waals surface area contributed by atoms with Crippen LogP contribution in [0.5, 0.6) is 0 Å². The number of aromatic nitrogens is 2. The van der Waals surface area contributed by atoms with Crippen molar-refractivity contribution in [3.8, 4) is 22.5 Å². The van der Waals surface area contributed by atoms with E-state index in [4.69, 9.17) is 9.97 Å². The maximum absolute atomic E-state index is 4.78. The molecule has 23 heavy (non-hydrogen) atoms. The van der Waals surface area contributed by atoms with Crippen molar-refractivity contribution in [1.82, 2.24) is 9.97 Å². The van der Waals surface area contributed by atoms with Crippen LogP contribution >= 0.6 is 0 Å². The van der Waals surface area contributed by atoms with E-state index in [1.54, 1.807) is 0 Å². The second kappa shape index (κ2) is 5.65. The van der Waals surface area contributed by atoms with Gasteiger partial charge in [0.15, 0.2) is 5.82 Å². The molecular weight excluding hydrogens is 280 g/mol. The molecule has 0 aliphatic rings. The van der Waals surface area contributed by atoms with E-state index in [2.05, 4.69) is 48.5 Å². The topological polar surface area (TPSA) is 25.8 Å². The quantitative estimate of drug-likeness (QED) is 0.503. The Morgan fingerprint density at radius 1 is 0.609 bits per heavy atom. The van der Waals surface area contributed by atoms with Crippen LogP contribution in [0, 0.1) is 6.92 Å². The van der Waals surface area contributed by atoms with E-state index in [1.807, 2.05) is 37.3 Å². The Kier molecular flexibility index (Phi) is 3.35. The van der Waals surface area contributed by atoms with Crippen LogP contribution in [0.1, 0.15) is 5.69 Å². The van der Waals surface area contributed by atoms with E-state index in [9.17, 15) is 0 Å². The van der Waals surface area contributed by atoms with E-state index in [0.29, 0.717) is 0 Å². The molecule has 0 atom stereocenters. The van der Waals surface area contributed by atoms with E-state index in [1.165, 1.54) is 5.56 Å². The Labute approximate surface area is 135 Å². The summed E-state index contributed by atoms with van der Waals surface area (Å²) in [5.41, 5.74) is 5.39. The highest BCUT2D eigenvalue weighted by atomic mass is 14.9. The van der Waals surface area contributed by atoms with Crippen LogP contribution in [-0.2, 0) is 0 Å². The van der Waals surface area contributed by atoms with Crippen LogP contribution in [0.3, 0.4) is 0 Å². The molecule has 1 heterocycles. The maximum atomic E-state index is 4.78. The molecule has 0 amide bonds. The SMILES string of the molecule is Cc1nc(-c2ccccc2-c2ccccc2)nc2ccccc12. The molecule has 3 aromatic carbocycles. The third-order valence-electron chi connectivity index (χ3n) is 4.05. The number of fused-ring (bicyclic) bond motifs is 1. The van der Waals surface area contributed by atoms with Gasteiger partial charge in [0.05, 0.1) is 5.52 Å². The van der Waals surface area contributed by atoms with E-state index in [0.717, 1.165) is 33.5 Å². The Morgan fingerprint density at radius 3 is 2.09 bits per heavy atom. The number of hydrogen-bond acceptors (Lipinski definition) is 2. The number of rotatable bonds is 2. The summed E-state index contributed by atoms with van der Waals surface area (Å²) in [4.78, 5) is 9.53. The molecule has 0 radical (unpaired) electrons. The predicted octanol–water partition coefficient (Wildman–Crippen LogP) is 5.27. The van der Waals surface area contributed by atoms with Crippen LogP contribution < -0.4 is 0 Å². The Balaban J connectivity index is 1.96. The predicted molar refractivity (Wildman–Crippen MR) is 95.1 cm³/mol. The summed E-state index contributed by atoms with van der Waals surface area (Å²) in [6.45, 7) is 2.04. The smallest absolute Gasteiger partial charge is 0.160 e. The summed E-state index contributed by atoms with van der Waals surface area (Å²) in [7, 11) is 0. The largest absolute Gasteiger partial charge is 0.233 e. The average molecular weight is 296 g/mol. The summed E-state index contributed by atoms with van der Waals surface area (Å²) < 4.78 is 0. The second-order valence-corrected chi connectivity index (χ2v) is 5.56. The lowest BCUT2D eigenvalue weighted by Gasteiger charge is -2.10. The summed E-state index contributed by atoms with van der Waals surface area (Å²) in [5, 5.41) is 1.11. The molecule has 2 nitrogen and oxygen atoms in total. The molecule has 0 spiro atoms. The Bertz CT molecular complexity index is 975. The first-order chi connectivity index (χ1) is 11.3. The maximum Gasteiger partial charge on any atom is 0.160 e. The second-order valence-electron chi connectivity index (χ2n) is 5.56. The van der Waals surface area contributed by atoms with Gasteiger partial charge in [0.25, 0.3) is 0 Å². The minimum absolute atomic E-state index is 0.778. The van der Waals surface area contributed by atoms with Gasteiger partial charge in [0.1, 0.15) is 0 Å². The zero-order valence-corrected chi connectivity index (χ0v) is 12.9. The molecule has 110 valence electrons. The third kappa shape index (κ3) is 2.49. The summed E-state index contributed by atoms with van der Waals surface area (Å²) >= 11 is 0. The normalized spacial score (nSPS) is 10.8. The molecule has 0 bridgehead atoms. The molecule has 0 aliphatic heterocycles. The fraction of sp³-hybridized carbons (Fsp3) is 0.0476. The van der Waals surface area contributed by atoms with Gasteiger partial charge in [-0.1, -0.05) is 72.8 Å². The first-order valence-corrected chi connectivity index (χ1v) is 7.71. The highest BCUT2D eigenvalue weighted by Gasteiger charge is 2.11. The highest BCUT2D eigenvalue weighted by Crippen LogP contribution is 2.31. The lowest BCUT2D eigenvalue weighted by Crippen LogP contribution is -1.95. The molecule has 0 N–H and O–H groups in total. The fourth-order valence-electron chi connectivity index (χ4n) is 2.90. The number of hydrogen-bond donors (Lipinski definition) is 0. The molecule has 2 heteroatoms. The lowest BCUT2D eigenvalue weighted by atomic mass is 9.99. The zero-order valence-electron chi connectivity index (χ0n) is 12.9. The number of aryl methyl sites for hydroxylation is 1. The van der Waals surface area contributed by atoms with Crippen LogP contribution in [0.15, 0.2) is 78.9 Å². The summed E-state index contributed by atoms with van der Waals surface area (Å²) in [6.07, 6.45) is 0. The summed E-state index contributed by atoms with van der Waals surface area (Å²) in [5.74, 6) is 0.778. The van der Waals surface area contributed by atoms with Crippen molar-refractivity contribution in [2.24, 2.45) is 0 Å². The van der Waals surface area contributed by atoms with Gasteiger partial charge in [-0.05, 0) is 24.1 Å². The minimum Gasteiger partial charge on any atom is -0.233 e. The number of para-hydroxylation sites is 1. The molecule has 0 aliphatic carbocycles. The van der Waals surface area contributed by atoms with Crippen molar-refractivity contribution < 1.29 is 0 Å². The van der Waals surface area contributed by atoms with Gasteiger partial charge in [-0.25, -0.2) is 9.97 Å². The average Bonchev–Trinajstić information content (AvgIpc) is 2.62.